The normalized spacial score (nSPS) is 16.0. The van der Waals surface area contributed by atoms with Crippen LogP contribution in [0.4, 0.5) is 24.1 Å². The Balaban J connectivity index is 1.54. The lowest BCUT2D eigenvalue weighted by atomic mass is 9.94. The molecule has 0 fully saturated rings. The standard InChI is InChI=1S/C30H35F3N6O4S2/c1-29(2,30(31,32)33)20-43-24-15-17-39(36-24)27-26-22-12-7-6-11-21(22)10-5-3-4-8-16-38(18-19-40)23-13-9-14-25(34-23)45(41,42)37-28(35-26)44-27/h6-7,9,11-15,17,40H,3-5,8,10,16,18-20H2,1-2H3,(H,35,37). The van der Waals surface area contributed by atoms with E-state index in [9.17, 15) is 26.7 Å². The molecule has 0 spiro atoms. The lowest BCUT2D eigenvalue weighted by Crippen LogP contribution is -2.37. The number of sulfonamides is 1. The van der Waals surface area contributed by atoms with Gasteiger partial charge in [0.2, 0.25) is 5.88 Å². The summed E-state index contributed by atoms with van der Waals surface area (Å²) in [7, 11) is -4.17. The first-order chi connectivity index (χ1) is 21.4. The second-order valence-electron chi connectivity index (χ2n) is 11.4. The third kappa shape index (κ3) is 7.59. The van der Waals surface area contributed by atoms with E-state index in [-0.39, 0.29) is 22.6 Å². The van der Waals surface area contributed by atoms with Gasteiger partial charge < -0.3 is 14.7 Å². The topological polar surface area (TPSA) is 122 Å². The molecule has 45 heavy (non-hydrogen) atoms. The van der Waals surface area contributed by atoms with Crippen molar-refractivity contribution in [3.8, 4) is 22.1 Å². The minimum atomic E-state index is -4.46. The van der Waals surface area contributed by atoms with Gasteiger partial charge >= 0.3 is 6.18 Å². The average molecular weight is 665 g/mol. The van der Waals surface area contributed by atoms with Gasteiger partial charge in [0.05, 0.1) is 12.0 Å². The minimum Gasteiger partial charge on any atom is -0.476 e. The van der Waals surface area contributed by atoms with E-state index in [1.54, 1.807) is 18.3 Å². The molecule has 0 aliphatic carbocycles. The molecule has 1 aliphatic rings. The Morgan fingerprint density at radius 2 is 1.80 bits per heavy atom. The molecule has 242 valence electrons. The number of aryl methyl sites for hydroxylation is 1. The van der Waals surface area contributed by atoms with Gasteiger partial charge in [0, 0.05) is 30.9 Å². The van der Waals surface area contributed by atoms with Crippen LogP contribution in [0.25, 0.3) is 16.3 Å². The highest BCUT2D eigenvalue weighted by atomic mass is 32.2. The summed E-state index contributed by atoms with van der Waals surface area (Å²) in [4.78, 5) is 11.0. The Kier molecular flexibility index (Phi) is 9.70. The van der Waals surface area contributed by atoms with Gasteiger partial charge in [-0.2, -0.15) is 21.6 Å². The fourth-order valence-electron chi connectivity index (χ4n) is 4.82. The van der Waals surface area contributed by atoms with E-state index in [1.165, 1.54) is 16.8 Å². The third-order valence-corrected chi connectivity index (χ3v) is 9.86. The number of pyridine rings is 1. The first kappa shape index (κ1) is 32.7. The van der Waals surface area contributed by atoms with Crippen LogP contribution >= 0.6 is 11.3 Å². The summed E-state index contributed by atoms with van der Waals surface area (Å²) in [5.74, 6) is 0.437. The van der Waals surface area contributed by atoms with Crippen LogP contribution < -0.4 is 14.4 Å². The number of anilines is 2. The smallest absolute Gasteiger partial charge is 0.397 e. The molecule has 4 heterocycles. The fourth-order valence-corrected chi connectivity index (χ4v) is 6.93. The molecule has 5 rings (SSSR count). The van der Waals surface area contributed by atoms with Crippen LogP contribution in [-0.4, -0.2) is 65.8 Å². The molecule has 1 aliphatic heterocycles. The molecule has 4 aromatic rings. The summed E-state index contributed by atoms with van der Waals surface area (Å²) in [5.41, 5.74) is 0.203. The molecular formula is C30H35F3N6O4S2. The SMILES string of the molecule is CC(C)(COc1ccn(-c2sc3nc2-c2ccccc2CCCCCCN(CCO)c2cccc(n2)S(=O)(=O)N3)n1)C(F)(F)F. The molecule has 15 heteroatoms. The van der Waals surface area contributed by atoms with Crippen LogP contribution in [0.15, 0.2) is 59.8 Å². The molecule has 4 bridgehead atoms. The van der Waals surface area contributed by atoms with Gasteiger partial charge in [0.25, 0.3) is 10.0 Å². The monoisotopic (exact) mass is 664 g/mol. The first-order valence-corrected chi connectivity index (χ1v) is 16.9. The van der Waals surface area contributed by atoms with Gasteiger partial charge in [-0.1, -0.05) is 54.5 Å². The molecular weight excluding hydrogens is 629 g/mol. The van der Waals surface area contributed by atoms with Gasteiger partial charge in [-0.15, -0.1) is 5.10 Å². The number of aromatic nitrogens is 4. The maximum atomic E-state index is 13.5. The van der Waals surface area contributed by atoms with Gasteiger partial charge in [-0.3, -0.25) is 4.72 Å². The van der Waals surface area contributed by atoms with Crippen LogP contribution in [0.2, 0.25) is 0 Å². The van der Waals surface area contributed by atoms with Crippen LogP contribution in [0.1, 0.15) is 45.1 Å². The van der Waals surface area contributed by atoms with Crippen LogP contribution in [0.3, 0.4) is 0 Å². The van der Waals surface area contributed by atoms with Crippen LogP contribution in [0.5, 0.6) is 5.88 Å². The maximum Gasteiger partial charge on any atom is 0.397 e. The molecule has 0 amide bonds. The number of benzene rings is 1. The number of nitrogens with zero attached hydrogens (tertiary/aromatic N) is 5. The van der Waals surface area contributed by atoms with Gasteiger partial charge in [0.1, 0.15) is 23.1 Å². The van der Waals surface area contributed by atoms with Crippen molar-refractivity contribution in [2.24, 2.45) is 5.41 Å². The Bertz CT molecular complexity index is 1720. The molecule has 0 saturated carbocycles. The predicted octanol–water partition coefficient (Wildman–Crippen LogP) is 6.07. The van der Waals surface area contributed by atoms with E-state index in [0.29, 0.717) is 29.6 Å². The Hall–Kier alpha value is -3.69. The number of alkyl halides is 3. The van der Waals surface area contributed by atoms with Crippen molar-refractivity contribution in [1.29, 1.82) is 0 Å². The highest BCUT2D eigenvalue weighted by molar-refractivity contribution is 7.92. The maximum absolute atomic E-state index is 13.5. The minimum absolute atomic E-state index is 0.00926. The van der Waals surface area contributed by atoms with Crippen molar-refractivity contribution < 1.29 is 31.4 Å². The molecule has 0 atom stereocenters. The van der Waals surface area contributed by atoms with Crippen molar-refractivity contribution in [1.82, 2.24) is 19.7 Å². The zero-order chi connectivity index (χ0) is 32.2. The van der Waals surface area contributed by atoms with E-state index in [2.05, 4.69) is 19.8 Å². The van der Waals surface area contributed by atoms with Crippen molar-refractivity contribution in [3.05, 3.63) is 60.3 Å². The number of ether oxygens (including phenoxy) is 1. The lowest BCUT2D eigenvalue weighted by molar-refractivity contribution is -0.219. The lowest BCUT2D eigenvalue weighted by Gasteiger charge is -2.26. The summed E-state index contributed by atoms with van der Waals surface area (Å²) in [6, 6.07) is 13.9. The van der Waals surface area contributed by atoms with E-state index in [4.69, 9.17) is 4.74 Å². The van der Waals surface area contributed by atoms with E-state index < -0.39 is 28.2 Å². The number of hydrogen-bond acceptors (Lipinski definition) is 9. The van der Waals surface area contributed by atoms with Gasteiger partial charge in [0.15, 0.2) is 10.2 Å². The molecule has 1 aromatic carbocycles. The second kappa shape index (κ2) is 13.3. The van der Waals surface area contributed by atoms with Gasteiger partial charge in [-0.25, -0.2) is 14.6 Å². The number of hydrogen-bond donors (Lipinski definition) is 2. The highest BCUT2D eigenvalue weighted by Gasteiger charge is 2.48. The summed E-state index contributed by atoms with van der Waals surface area (Å²) < 4.78 is 76.6. The number of fused-ring (bicyclic) bond motifs is 6. The van der Waals surface area contributed by atoms with E-state index in [0.717, 1.165) is 68.4 Å². The molecule has 2 N–H and O–H groups in total. The number of aliphatic hydroxyl groups is 1. The van der Waals surface area contributed by atoms with E-state index >= 15 is 0 Å². The number of nitrogens with one attached hydrogen (secondary N) is 1. The Morgan fingerprint density at radius 1 is 1.02 bits per heavy atom. The molecule has 3 aromatic heterocycles. The predicted molar refractivity (Wildman–Crippen MR) is 167 cm³/mol. The summed E-state index contributed by atoms with van der Waals surface area (Å²) in [6.07, 6.45) is 1.52. The fraction of sp³-hybridized carbons (Fsp3) is 0.433. The van der Waals surface area contributed by atoms with Crippen LogP contribution in [0, 0.1) is 5.41 Å². The quantitative estimate of drug-likeness (QED) is 0.255. The number of aliphatic hydroxyl groups excluding tert-OH is 1. The Labute approximate surface area is 264 Å². The van der Waals surface area contributed by atoms with Crippen molar-refractivity contribution in [3.63, 3.8) is 0 Å². The first-order valence-electron chi connectivity index (χ1n) is 14.6. The third-order valence-electron chi connectivity index (χ3n) is 7.53. The van der Waals surface area contributed by atoms with Crippen molar-refractivity contribution in [2.75, 3.05) is 35.9 Å². The zero-order valence-corrected chi connectivity index (χ0v) is 26.6. The summed E-state index contributed by atoms with van der Waals surface area (Å²) in [6.45, 7) is 2.33. The summed E-state index contributed by atoms with van der Waals surface area (Å²) >= 11 is 1.03. The molecule has 0 saturated heterocycles. The van der Waals surface area contributed by atoms with Crippen molar-refractivity contribution >= 4 is 32.3 Å². The van der Waals surface area contributed by atoms with Crippen molar-refractivity contribution in [2.45, 2.75) is 57.2 Å². The molecule has 0 radical (unpaired) electrons. The second-order valence-corrected chi connectivity index (χ2v) is 14.0. The number of β-amino-alcohol motifs (C(OH)–C–C–N with tert-alkyl or cyclic N) is 1. The molecule has 10 nitrogen and oxygen atoms in total. The van der Waals surface area contributed by atoms with E-state index in [1.807, 2.05) is 29.2 Å². The largest absolute Gasteiger partial charge is 0.476 e. The van der Waals surface area contributed by atoms with Crippen LogP contribution in [-0.2, 0) is 16.4 Å². The number of rotatable bonds is 6. The van der Waals surface area contributed by atoms with Gasteiger partial charge in [-0.05, 0) is 50.8 Å². The average Bonchev–Trinajstić information content (AvgIpc) is 3.63. The molecule has 0 unspecified atom stereocenters. The number of halogens is 3. The highest BCUT2D eigenvalue weighted by Crippen LogP contribution is 2.39. The zero-order valence-electron chi connectivity index (χ0n) is 24.9. The summed E-state index contributed by atoms with van der Waals surface area (Å²) in [5, 5.41) is 14.3. The Morgan fingerprint density at radius 3 is 2.58 bits per heavy atom. The number of thiazole rings is 1.